The predicted molar refractivity (Wildman–Crippen MR) is 83.0 cm³/mol. The molecule has 2 rings (SSSR count). The molecule has 1 spiro atoms. The quantitative estimate of drug-likeness (QED) is 0.775. The Morgan fingerprint density at radius 1 is 1.20 bits per heavy atom. The Balaban J connectivity index is 1.97. The van der Waals surface area contributed by atoms with Crippen molar-refractivity contribution in [3.63, 3.8) is 0 Å². The second kappa shape index (κ2) is 7.77. The molecule has 0 aromatic rings. The van der Waals surface area contributed by atoms with Crippen molar-refractivity contribution in [2.24, 2.45) is 5.41 Å². The van der Waals surface area contributed by atoms with Crippen LogP contribution in [0, 0.1) is 5.41 Å². The minimum Gasteiger partial charge on any atom is -0.382 e. The van der Waals surface area contributed by atoms with Gasteiger partial charge in [0, 0.05) is 18.6 Å². The van der Waals surface area contributed by atoms with Gasteiger partial charge in [-0.05, 0) is 39.2 Å². The van der Waals surface area contributed by atoms with E-state index in [4.69, 9.17) is 9.47 Å². The molecule has 0 aliphatic heterocycles. The van der Waals surface area contributed by atoms with E-state index < -0.39 is 0 Å². The Bertz CT molecular complexity index is 274. The van der Waals surface area contributed by atoms with Crippen LogP contribution in [-0.2, 0) is 9.47 Å². The van der Waals surface area contributed by atoms with E-state index in [1.54, 1.807) is 7.11 Å². The van der Waals surface area contributed by atoms with E-state index in [1.165, 1.54) is 51.4 Å². The van der Waals surface area contributed by atoms with E-state index >= 15 is 0 Å². The van der Waals surface area contributed by atoms with E-state index in [0.717, 1.165) is 6.54 Å². The van der Waals surface area contributed by atoms with Gasteiger partial charge in [-0.3, -0.25) is 0 Å². The molecule has 0 bridgehead atoms. The molecule has 0 radical (unpaired) electrons. The van der Waals surface area contributed by atoms with E-state index in [9.17, 15) is 0 Å². The number of nitrogens with one attached hydrogen (secondary N) is 1. The fourth-order valence-electron chi connectivity index (χ4n) is 4.16. The van der Waals surface area contributed by atoms with Crippen LogP contribution in [0.2, 0.25) is 0 Å². The van der Waals surface area contributed by atoms with Crippen LogP contribution in [0.1, 0.15) is 65.2 Å². The fourth-order valence-corrected chi connectivity index (χ4v) is 4.16. The lowest BCUT2D eigenvalue weighted by molar-refractivity contribution is -0.174. The number of methoxy groups -OCH3 is 1. The molecule has 0 aromatic carbocycles. The van der Waals surface area contributed by atoms with Crippen molar-refractivity contribution in [1.29, 1.82) is 0 Å². The Kier molecular flexibility index (Phi) is 6.31. The van der Waals surface area contributed by atoms with Crippen molar-refractivity contribution < 1.29 is 9.47 Å². The van der Waals surface area contributed by atoms with Crippen molar-refractivity contribution in [3.05, 3.63) is 0 Å². The molecule has 2 saturated carbocycles. The fraction of sp³-hybridized carbons (Fsp3) is 1.00. The van der Waals surface area contributed by atoms with Crippen LogP contribution in [0.5, 0.6) is 0 Å². The van der Waals surface area contributed by atoms with Crippen molar-refractivity contribution in [2.45, 2.75) is 83.5 Å². The summed E-state index contributed by atoms with van der Waals surface area (Å²) in [5.41, 5.74) is 0.410. The molecule has 20 heavy (non-hydrogen) atoms. The number of rotatable bonds is 7. The monoisotopic (exact) mass is 283 g/mol. The zero-order chi connectivity index (χ0) is 14.4. The molecule has 3 unspecified atom stereocenters. The standard InChI is InChI=1S/C17H33NO2/c1-4-11-18-15-12-16(20-14(2)13-19-3)17(15)9-7-5-6-8-10-17/h14-16,18H,4-13H2,1-3H3. The Morgan fingerprint density at radius 2 is 1.90 bits per heavy atom. The maximum absolute atomic E-state index is 6.32. The molecule has 3 atom stereocenters. The second-order valence-corrected chi connectivity index (χ2v) is 6.78. The smallest absolute Gasteiger partial charge is 0.0784 e. The first-order chi connectivity index (χ1) is 9.73. The maximum Gasteiger partial charge on any atom is 0.0784 e. The molecule has 3 nitrogen and oxygen atoms in total. The molecular formula is C17H33NO2. The van der Waals surface area contributed by atoms with Crippen molar-refractivity contribution in [1.82, 2.24) is 5.32 Å². The molecule has 0 amide bonds. The lowest BCUT2D eigenvalue weighted by Gasteiger charge is -2.57. The van der Waals surface area contributed by atoms with Gasteiger partial charge in [0.2, 0.25) is 0 Å². The second-order valence-electron chi connectivity index (χ2n) is 6.78. The molecule has 2 fully saturated rings. The van der Waals surface area contributed by atoms with Gasteiger partial charge in [-0.15, -0.1) is 0 Å². The summed E-state index contributed by atoms with van der Waals surface area (Å²) in [7, 11) is 1.76. The molecule has 118 valence electrons. The van der Waals surface area contributed by atoms with Crippen molar-refractivity contribution >= 4 is 0 Å². The highest BCUT2D eigenvalue weighted by molar-refractivity contribution is 5.08. The van der Waals surface area contributed by atoms with Crippen LogP contribution < -0.4 is 5.32 Å². The van der Waals surface area contributed by atoms with E-state index in [1.807, 2.05) is 0 Å². The first-order valence-corrected chi connectivity index (χ1v) is 8.60. The summed E-state index contributed by atoms with van der Waals surface area (Å²) >= 11 is 0. The van der Waals surface area contributed by atoms with E-state index in [0.29, 0.717) is 24.2 Å². The van der Waals surface area contributed by atoms with E-state index in [2.05, 4.69) is 19.2 Å². The highest BCUT2D eigenvalue weighted by Crippen LogP contribution is 2.52. The summed E-state index contributed by atoms with van der Waals surface area (Å²) in [6.45, 7) is 6.24. The van der Waals surface area contributed by atoms with Crippen LogP contribution in [0.15, 0.2) is 0 Å². The first-order valence-electron chi connectivity index (χ1n) is 8.60. The van der Waals surface area contributed by atoms with Crippen LogP contribution in [-0.4, -0.2) is 38.5 Å². The lowest BCUT2D eigenvalue weighted by atomic mass is 9.57. The summed E-state index contributed by atoms with van der Waals surface area (Å²) in [6.07, 6.45) is 11.3. The molecule has 0 aromatic heterocycles. The van der Waals surface area contributed by atoms with Crippen molar-refractivity contribution in [2.75, 3.05) is 20.3 Å². The molecule has 0 heterocycles. The molecule has 1 N–H and O–H groups in total. The van der Waals surface area contributed by atoms with Gasteiger partial charge in [0.1, 0.15) is 0 Å². The van der Waals surface area contributed by atoms with Gasteiger partial charge in [0.15, 0.2) is 0 Å². The van der Waals surface area contributed by atoms with Crippen LogP contribution in [0.4, 0.5) is 0 Å². The zero-order valence-corrected chi connectivity index (χ0v) is 13.6. The number of ether oxygens (including phenoxy) is 2. The van der Waals surface area contributed by atoms with Crippen LogP contribution in [0.3, 0.4) is 0 Å². The Hall–Kier alpha value is -0.120. The highest BCUT2D eigenvalue weighted by Gasteiger charge is 2.55. The number of hydrogen-bond acceptors (Lipinski definition) is 3. The highest BCUT2D eigenvalue weighted by atomic mass is 16.5. The van der Waals surface area contributed by atoms with Gasteiger partial charge < -0.3 is 14.8 Å². The maximum atomic E-state index is 6.32. The molecule has 2 aliphatic rings. The molecular weight excluding hydrogens is 250 g/mol. The summed E-state index contributed by atoms with van der Waals surface area (Å²) in [4.78, 5) is 0. The van der Waals surface area contributed by atoms with Crippen molar-refractivity contribution in [3.8, 4) is 0 Å². The molecule has 0 saturated heterocycles. The Morgan fingerprint density at radius 3 is 2.50 bits per heavy atom. The summed E-state index contributed by atoms with van der Waals surface area (Å²) in [5, 5.41) is 3.78. The van der Waals surface area contributed by atoms with Gasteiger partial charge >= 0.3 is 0 Å². The lowest BCUT2D eigenvalue weighted by Crippen LogP contribution is -2.64. The normalized spacial score (nSPS) is 30.8. The third-order valence-electron chi connectivity index (χ3n) is 5.26. The summed E-state index contributed by atoms with van der Waals surface area (Å²) in [6, 6.07) is 0.681. The largest absolute Gasteiger partial charge is 0.382 e. The summed E-state index contributed by atoms with van der Waals surface area (Å²) in [5.74, 6) is 0. The SMILES string of the molecule is CCCNC1CC(OC(C)COC)C12CCCCCC2. The molecule has 2 aliphatic carbocycles. The first kappa shape index (κ1) is 16.3. The third-order valence-corrected chi connectivity index (χ3v) is 5.26. The van der Waals surface area contributed by atoms with Crippen LogP contribution >= 0.6 is 0 Å². The van der Waals surface area contributed by atoms with Gasteiger partial charge in [0.05, 0.1) is 18.8 Å². The van der Waals surface area contributed by atoms with E-state index in [-0.39, 0.29) is 6.10 Å². The predicted octanol–water partition coefficient (Wildman–Crippen LogP) is 3.52. The third kappa shape index (κ3) is 3.55. The topological polar surface area (TPSA) is 30.5 Å². The average molecular weight is 283 g/mol. The van der Waals surface area contributed by atoms with Crippen LogP contribution in [0.25, 0.3) is 0 Å². The number of hydrogen-bond donors (Lipinski definition) is 1. The van der Waals surface area contributed by atoms with Gasteiger partial charge in [-0.25, -0.2) is 0 Å². The molecule has 3 heteroatoms. The zero-order valence-electron chi connectivity index (χ0n) is 13.6. The minimum absolute atomic E-state index is 0.220. The average Bonchev–Trinajstić information content (AvgIpc) is 2.70. The Labute approximate surface area is 124 Å². The summed E-state index contributed by atoms with van der Waals surface area (Å²) < 4.78 is 11.5. The van der Waals surface area contributed by atoms with Gasteiger partial charge in [-0.2, -0.15) is 0 Å². The van der Waals surface area contributed by atoms with Gasteiger partial charge in [-0.1, -0.05) is 32.6 Å². The minimum atomic E-state index is 0.220. The van der Waals surface area contributed by atoms with Gasteiger partial charge in [0.25, 0.3) is 0 Å².